The zero-order valence-electron chi connectivity index (χ0n) is 19.0. The molecule has 0 heterocycles. The number of hydrogen-bond acceptors (Lipinski definition) is 3. The van der Waals surface area contributed by atoms with Gasteiger partial charge in [0.1, 0.15) is 0 Å². The maximum Gasteiger partial charge on any atom is 0.255 e. The van der Waals surface area contributed by atoms with Crippen LogP contribution < -0.4 is 10.6 Å². The third-order valence-electron chi connectivity index (χ3n) is 5.62. The summed E-state index contributed by atoms with van der Waals surface area (Å²) >= 11 is 0. The third-order valence-corrected chi connectivity index (χ3v) is 5.62. The number of hydrogen-bond donors (Lipinski definition) is 2. The number of carbonyl (C=O) groups is 2. The van der Waals surface area contributed by atoms with E-state index in [1.807, 2.05) is 37.3 Å². The molecule has 2 N–H and O–H groups in total. The number of rotatable bonds is 9. The molecule has 0 bridgehead atoms. The predicted octanol–water partition coefficient (Wildman–Crippen LogP) is 5.02. The second kappa shape index (κ2) is 11.3. The molecule has 5 nitrogen and oxygen atoms in total. The van der Waals surface area contributed by atoms with Crippen molar-refractivity contribution in [2.75, 3.05) is 18.4 Å². The van der Waals surface area contributed by atoms with Crippen LogP contribution in [0.4, 0.5) is 5.69 Å². The van der Waals surface area contributed by atoms with Crippen LogP contribution in [0.3, 0.4) is 0 Å². The number of amides is 2. The molecular formula is C27H31N3O2. The highest BCUT2D eigenvalue weighted by Crippen LogP contribution is 2.16. The number of nitrogens with one attached hydrogen (secondary N) is 2. The minimum Gasteiger partial charge on any atom is -0.348 e. The summed E-state index contributed by atoms with van der Waals surface area (Å²) in [6, 6.07) is 22.6. The Morgan fingerprint density at radius 1 is 0.812 bits per heavy atom. The largest absolute Gasteiger partial charge is 0.348 e. The van der Waals surface area contributed by atoms with Crippen molar-refractivity contribution < 1.29 is 9.59 Å². The van der Waals surface area contributed by atoms with Gasteiger partial charge in [0.05, 0.1) is 0 Å². The molecular weight excluding hydrogens is 398 g/mol. The summed E-state index contributed by atoms with van der Waals surface area (Å²) in [5.41, 5.74) is 4.95. The molecule has 32 heavy (non-hydrogen) atoms. The lowest BCUT2D eigenvalue weighted by Crippen LogP contribution is -2.26. The summed E-state index contributed by atoms with van der Waals surface area (Å²) in [5, 5.41) is 5.90. The van der Waals surface area contributed by atoms with Crippen LogP contribution in [0.5, 0.6) is 0 Å². The maximum atomic E-state index is 12.8. The SMILES string of the molecule is CCN(CC)Cc1ccccc1CNC(=O)c1cccc(NC(=O)c2ccccc2C)c1. The third kappa shape index (κ3) is 6.05. The summed E-state index contributed by atoms with van der Waals surface area (Å²) in [5.74, 6) is -0.361. The van der Waals surface area contributed by atoms with Gasteiger partial charge in [0.25, 0.3) is 11.8 Å². The first kappa shape index (κ1) is 23.2. The summed E-state index contributed by atoms with van der Waals surface area (Å²) < 4.78 is 0. The number of benzene rings is 3. The van der Waals surface area contributed by atoms with Crippen LogP contribution in [0.25, 0.3) is 0 Å². The first-order valence-corrected chi connectivity index (χ1v) is 11.1. The molecule has 3 aromatic rings. The van der Waals surface area contributed by atoms with Crippen molar-refractivity contribution in [3.63, 3.8) is 0 Å². The molecule has 0 aliphatic rings. The molecule has 0 fully saturated rings. The molecule has 0 radical (unpaired) electrons. The fraction of sp³-hybridized carbons (Fsp3) is 0.259. The topological polar surface area (TPSA) is 61.4 Å². The van der Waals surface area contributed by atoms with Crippen LogP contribution in [0.1, 0.15) is 51.3 Å². The smallest absolute Gasteiger partial charge is 0.255 e. The van der Waals surface area contributed by atoms with Gasteiger partial charge in [-0.05, 0) is 61.0 Å². The monoisotopic (exact) mass is 429 g/mol. The minimum absolute atomic E-state index is 0.172. The second-order valence-corrected chi connectivity index (χ2v) is 7.76. The Balaban J connectivity index is 1.66. The number of anilines is 1. The van der Waals surface area contributed by atoms with Crippen molar-refractivity contribution >= 4 is 17.5 Å². The summed E-state index contributed by atoms with van der Waals surface area (Å²) in [6.07, 6.45) is 0. The minimum atomic E-state index is -0.189. The van der Waals surface area contributed by atoms with Crippen LogP contribution in [0.2, 0.25) is 0 Å². The van der Waals surface area contributed by atoms with Gasteiger partial charge in [0.15, 0.2) is 0 Å². The predicted molar refractivity (Wildman–Crippen MR) is 130 cm³/mol. The molecule has 3 rings (SSSR count). The Morgan fingerprint density at radius 3 is 2.22 bits per heavy atom. The van der Waals surface area contributed by atoms with Gasteiger partial charge in [-0.2, -0.15) is 0 Å². The van der Waals surface area contributed by atoms with E-state index in [1.165, 1.54) is 5.56 Å². The molecule has 3 aromatic carbocycles. The Hall–Kier alpha value is -3.44. The quantitative estimate of drug-likeness (QED) is 0.502. The summed E-state index contributed by atoms with van der Waals surface area (Å²) in [4.78, 5) is 27.7. The van der Waals surface area contributed by atoms with Crippen molar-refractivity contribution in [1.82, 2.24) is 10.2 Å². The van der Waals surface area contributed by atoms with E-state index in [0.29, 0.717) is 23.4 Å². The standard InChI is InChI=1S/C27H31N3O2/c1-4-30(5-2)19-23-13-8-7-12-22(23)18-28-26(31)21-14-10-15-24(17-21)29-27(32)25-16-9-6-11-20(25)3/h6-17H,4-5,18-19H2,1-3H3,(H,28,31)(H,29,32). The van der Waals surface area contributed by atoms with Crippen LogP contribution >= 0.6 is 0 Å². The van der Waals surface area contributed by atoms with E-state index in [9.17, 15) is 9.59 Å². The van der Waals surface area contributed by atoms with Gasteiger partial charge in [0.2, 0.25) is 0 Å². The lowest BCUT2D eigenvalue weighted by molar-refractivity contribution is 0.0949. The summed E-state index contributed by atoms with van der Waals surface area (Å²) in [7, 11) is 0. The Morgan fingerprint density at radius 2 is 1.50 bits per heavy atom. The van der Waals surface area contributed by atoms with Crippen molar-refractivity contribution in [3.05, 3.63) is 101 Å². The molecule has 0 saturated heterocycles. The Labute approximate surface area is 190 Å². The average Bonchev–Trinajstić information content (AvgIpc) is 2.82. The van der Waals surface area contributed by atoms with Gasteiger partial charge in [0, 0.05) is 29.9 Å². The summed E-state index contributed by atoms with van der Waals surface area (Å²) in [6.45, 7) is 9.49. The Kier molecular flexibility index (Phi) is 8.17. The van der Waals surface area contributed by atoms with E-state index in [1.54, 1.807) is 30.3 Å². The first-order chi connectivity index (χ1) is 15.5. The molecule has 0 aliphatic carbocycles. The molecule has 0 unspecified atom stereocenters. The van der Waals surface area contributed by atoms with Crippen molar-refractivity contribution in [1.29, 1.82) is 0 Å². The lowest BCUT2D eigenvalue weighted by atomic mass is 10.1. The number of nitrogens with zero attached hydrogens (tertiary/aromatic N) is 1. The highest BCUT2D eigenvalue weighted by molar-refractivity contribution is 6.06. The van der Waals surface area contributed by atoms with Gasteiger partial charge in [-0.3, -0.25) is 14.5 Å². The second-order valence-electron chi connectivity index (χ2n) is 7.76. The molecule has 0 atom stereocenters. The van der Waals surface area contributed by atoms with Gasteiger partial charge < -0.3 is 10.6 Å². The highest BCUT2D eigenvalue weighted by atomic mass is 16.2. The molecule has 5 heteroatoms. The van der Waals surface area contributed by atoms with Crippen molar-refractivity contribution in [3.8, 4) is 0 Å². The lowest BCUT2D eigenvalue weighted by Gasteiger charge is -2.20. The molecule has 0 aliphatic heterocycles. The van der Waals surface area contributed by atoms with Crippen LogP contribution in [-0.4, -0.2) is 29.8 Å². The number of carbonyl (C=O) groups excluding carboxylic acids is 2. The average molecular weight is 430 g/mol. The molecule has 0 saturated carbocycles. The van der Waals surface area contributed by atoms with Crippen LogP contribution in [-0.2, 0) is 13.1 Å². The van der Waals surface area contributed by atoms with Gasteiger partial charge in [-0.25, -0.2) is 0 Å². The highest BCUT2D eigenvalue weighted by Gasteiger charge is 2.12. The van der Waals surface area contributed by atoms with Crippen molar-refractivity contribution in [2.24, 2.45) is 0 Å². The van der Waals surface area contributed by atoms with Gasteiger partial charge >= 0.3 is 0 Å². The van der Waals surface area contributed by atoms with E-state index in [4.69, 9.17) is 0 Å². The van der Waals surface area contributed by atoms with Crippen molar-refractivity contribution in [2.45, 2.75) is 33.9 Å². The van der Waals surface area contributed by atoms with E-state index < -0.39 is 0 Å². The molecule has 166 valence electrons. The fourth-order valence-corrected chi connectivity index (χ4v) is 3.61. The van der Waals surface area contributed by atoms with Crippen LogP contribution in [0, 0.1) is 6.92 Å². The van der Waals surface area contributed by atoms with E-state index in [-0.39, 0.29) is 11.8 Å². The normalized spacial score (nSPS) is 10.8. The molecule has 0 spiro atoms. The van der Waals surface area contributed by atoms with Gasteiger partial charge in [-0.1, -0.05) is 62.4 Å². The van der Waals surface area contributed by atoms with E-state index in [2.05, 4.69) is 41.5 Å². The van der Waals surface area contributed by atoms with Gasteiger partial charge in [-0.15, -0.1) is 0 Å². The molecule has 0 aromatic heterocycles. The maximum absolute atomic E-state index is 12.8. The zero-order chi connectivity index (χ0) is 22.9. The zero-order valence-corrected chi connectivity index (χ0v) is 19.0. The first-order valence-electron chi connectivity index (χ1n) is 11.1. The van der Waals surface area contributed by atoms with Crippen LogP contribution in [0.15, 0.2) is 72.8 Å². The van der Waals surface area contributed by atoms with E-state index in [0.717, 1.165) is 30.8 Å². The Bertz CT molecular complexity index is 1070. The molecule has 2 amide bonds. The number of aryl methyl sites for hydroxylation is 1. The fourth-order valence-electron chi connectivity index (χ4n) is 3.61. The van der Waals surface area contributed by atoms with E-state index >= 15 is 0 Å².